The van der Waals surface area contributed by atoms with Crippen LogP contribution in [0.1, 0.15) is 20.0 Å². The third-order valence-electron chi connectivity index (χ3n) is 2.27. The maximum absolute atomic E-state index is 11.8. The van der Waals surface area contributed by atoms with Crippen LogP contribution in [0.3, 0.4) is 0 Å². The minimum Gasteiger partial charge on any atom is -0.496 e. The van der Waals surface area contributed by atoms with Gasteiger partial charge in [-0.3, -0.25) is 4.79 Å². The van der Waals surface area contributed by atoms with Gasteiger partial charge in [-0.15, -0.1) is 5.10 Å². The van der Waals surface area contributed by atoms with Crippen molar-refractivity contribution in [3.05, 3.63) is 34.8 Å². The van der Waals surface area contributed by atoms with Crippen LogP contribution in [0.2, 0.25) is 0 Å². The van der Waals surface area contributed by atoms with Gasteiger partial charge in [0.05, 0.1) is 13.3 Å². The molecule has 0 aliphatic heterocycles. The molecule has 0 spiro atoms. The molecule has 7 nitrogen and oxygen atoms in total. The average molecular weight is 279 g/mol. The summed E-state index contributed by atoms with van der Waals surface area (Å²) < 4.78 is 8.55. The van der Waals surface area contributed by atoms with Crippen LogP contribution in [-0.4, -0.2) is 33.7 Å². The second kappa shape index (κ2) is 5.44. The van der Waals surface area contributed by atoms with Gasteiger partial charge in [0, 0.05) is 11.8 Å². The summed E-state index contributed by atoms with van der Waals surface area (Å²) in [6.07, 6.45) is 1.35. The summed E-state index contributed by atoms with van der Waals surface area (Å²) >= 11 is 0.970. The molecule has 1 aromatic carbocycles. The Kier molecular flexibility index (Phi) is 3.71. The van der Waals surface area contributed by atoms with E-state index >= 15 is 0 Å². The molecular weight excluding hydrogens is 270 g/mol. The van der Waals surface area contributed by atoms with Gasteiger partial charge in [0.1, 0.15) is 16.2 Å². The highest BCUT2D eigenvalue weighted by Crippen LogP contribution is 2.23. The zero-order chi connectivity index (χ0) is 13.8. The van der Waals surface area contributed by atoms with Crippen LogP contribution < -0.4 is 10.1 Å². The van der Waals surface area contributed by atoms with Gasteiger partial charge in [-0.25, -0.2) is 4.79 Å². The first kappa shape index (κ1) is 13.0. The van der Waals surface area contributed by atoms with Crippen molar-refractivity contribution in [2.45, 2.75) is 0 Å². The molecule has 0 bridgehead atoms. The fourth-order valence-corrected chi connectivity index (χ4v) is 1.82. The standard InChI is InChI=1S/C11H9N3O4S/c1-18-8-4-6(2-3-7(8)11(16)17)13-10(15)9-5-12-14-19-9/h2-5H,1H3,(H,13,15)(H,16,17). The molecule has 0 saturated carbocycles. The zero-order valence-corrected chi connectivity index (χ0v) is 10.6. The van der Waals surface area contributed by atoms with Gasteiger partial charge in [-0.1, -0.05) is 4.49 Å². The number of nitrogens with zero attached hydrogens (tertiary/aromatic N) is 2. The number of aromatic nitrogens is 2. The molecule has 0 atom stereocenters. The molecule has 19 heavy (non-hydrogen) atoms. The van der Waals surface area contributed by atoms with Gasteiger partial charge in [0.2, 0.25) is 0 Å². The minimum absolute atomic E-state index is 0.0277. The number of rotatable bonds is 4. The Balaban J connectivity index is 2.22. The molecule has 0 unspecified atom stereocenters. The molecule has 1 amide bonds. The normalized spacial score (nSPS) is 9.95. The van der Waals surface area contributed by atoms with Crippen molar-refractivity contribution in [3.8, 4) is 5.75 Å². The molecule has 0 fully saturated rings. The van der Waals surface area contributed by atoms with Crippen molar-refractivity contribution in [1.29, 1.82) is 0 Å². The van der Waals surface area contributed by atoms with Gasteiger partial charge in [-0.05, 0) is 23.7 Å². The number of amides is 1. The molecular formula is C11H9N3O4S. The average Bonchev–Trinajstić information content (AvgIpc) is 2.92. The molecule has 0 aliphatic rings. The Bertz CT molecular complexity index is 612. The van der Waals surface area contributed by atoms with E-state index in [-0.39, 0.29) is 17.2 Å². The predicted molar refractivity (Wildman–Crippen MR) is 67.8 cm³/mol. The number of carboxylic acid groups (broad SMARTS) is 1. The van der Waals surface area contributed by atoms with E-state index in [0.29, 0.717) is 10.6 Å². The number of benzene rings is 1. The van der Waals surface area contributed by atoms with Crippen LogP contribution in [0.4, 0.5) is 5.69 Å². The number of aromatic carboxylic acids is 1. The van der Waals surface area contributed by atoms with Gasteiger partial charge in [0.25, 0.3) is 5.91 Å². The molecule has 1 heterocycles. The molecule has 2 aromatic rings. The summed E-state index contributed by atoms with van der Waals surface area (Å²) in [6, 6.07) is 4.29. The quantitative estimate of drug-likeness (QED) is 0.879. The van der Waals surface area contributed by atoms with Crippen molar-refractivity contribution in [2.24, 2.45) is 0 Å². The number of ether oxygens (including phenoxy) is 1. The fraction of sp³-hybridized carbons (Fsp3) is 0.0909. The Hall–Kier alpha value is -2.48. The molecule has 0 aliphatic carbocycles. The van der Waals surface area contributed by atoms with Crippen LogP contribution >= 0.6 is 11.5 Å². The van der Waals surface area contributed by atoms with E-state index < -0.39 is 5.97 Å². The van der Waals surface area contributed by atoms with E-state index in [4.69, 9.17) is 9.84 Å². The van der Waals surface area contributed by atoms with Crippen molar-refractivity contribution in [3.63, 3.8) is 0 Å². The number of carboxylic acids is 1. The van der Waals surface area contributed by atoms with Crippen LogP contribution in [0.15, 0.2) is 24.4 Å². The summed E-state index contributed by atoms with van der Waals surface area (Å²) in [6.45, 7) is 0. The third-order valence-corrected chi connectivity index (χ3v) is 2.94. The lowest BCUT2D eigenvalue weighted by Gasteiger charge is -2.08. The van der Waals surface area contributed by atoms with Crippen molar-refractivity contribution in [1.82, 2.24) is 9.59 Å². The highest BCUT2D eigenvalue weighted by molar-refractivity contribution is 7.07. The maximum atomic E-state index is 11.8. The Morgan fingerprint density at radius 2 is 2.21 bits per heavy atom. The smallest absolute Gasteiger partial charge is 0.339 e. The lowest BCUT2D eigenvalue weighted by molar-refractivity contribution is 0.0693. The first-order valence-corrected chi connectivity index (χ1v) is 5.89. The fourth-order valence-electron chi connectivity index (χ4n) is 1.41. The number of methoxy groups -OCH3 is 1. The van der Waals surface area contributed by atoms with Crippen molar-refractivity contribution in [2.75, 3.05) is 12.4 Å². The number of hydrogen-bond acceptors (Lipinski definition) is 6. The highest BCUT2D eigenvalue weighted by atomic mass is 32.1. The summed E-state index contributed by atoms with van der Waals surface area (Å²) in [4.78, 5) is 23.0. The summed E-state index contributed by atoms with van der Waals surface area (Å²) in [7, 11) is 1.36. The minimum atomic E-state index is -1.10. The van der Waals surface area contributed by atoms with Crippen molar-refractivity contribution >= 4 is 29.1 Å². The van der Waals surface area contributed by atoms with E-state index in [1.54, 1.807) is 0 Å². The lowest BCUT2D eigenvalue weighted by Crippen LogP contribution is -2.11. The summed E-state index contributed by atoms with van der Waals surface area (Å²) in [5.74, 6) is -1.28. The molecule has 8 heteroatoms. The molecule has 1 aromatic heterocycles. The Morgan fingerprint density at radius 3 is 2.79 bits per heavy atom. The van der Waals surface area contributed by atoms with Crippen LogP contribution in [-0.2, 0) is 0 Å². The number of carbonyl (C=O) groups is 2. The number of carbonyl (C=O) groups excluding carboxylic acids is 1. The first-order valence-electron chi connectivity index (χ1n) is 5.12. The molecule has 98 valence electrons. The van der Waals surface area contributed by atoms with Gasteiger partial charge in [0.15, 0.2) is 0 Å². The van der Waals surface area contributed by atoms with E-state index in [2.05, 4.69) is 14.9 Å². The summed E-state index contributed by atoms with van der Waals surface area (Å²) in [5.41, 5.74) is 0.459. The van der Waals surface area contributed by atoms with Crippen LogP contribution in [0.5, 0.6) is 5.75 Å². The predicted octanol–water partition coefficient (Wildman–Crippen LogP) is 1.50. The molecule has 2 N–H and O–H groups in total. The van der Waals surface area contributed by atoms with E-state index in [1.165, 1.54) is 31.5 Å². The summed E-state index contributed by atoms with van der Waals surface area (Å²) in [5, 5.41) is 15.1. The largest absolute Gasteiger partial charge is 0.496 e. The van der Waals surface area contributed by atoms with Gasteiger partial charge in [-0.2, -0.15) is 0 Å². The number of anilines is 1. The highest BCUT2D eigenvalue weighted by Gasteiger charge is 2.13. The SMILES string of the molecule is COc1cc(NC(=O)c2cnns2)ccc1C(=O)O. The van der Waals surface area contributed by atoms with Gasteiger partial charge >= 0.3 is 5.97 Å². The lowest BCUT2D eigenvalue weighted by atomic mass is 10.2. The maximum Gasteiger partial charge on any atom is 0.339 e. The van der Waals surface area contributed by atoms with E-state index in [0.717, 1.165) is 11.5 Å². The van der Waals surface area contributed by atoms with Crippen LogP contribution in [0.25, 0.3) is 0 Å². The van der Waals surface area contributed by atoms with E-state index in [9.17, 15) is 9.59 Å². The van der Waals surface area contributed by atoms with E-state index in [1.807, 2.05) is 0 Å². The number of hydrogen-bond donors (Lipinski definition) is 2. The Morgan fingerprint density at radius 1 is 1.42 bits per heavy atom. The second-order valence-corrected chi connectivity index (χ2v) is 4.24. The number of nitrogens with one attached hydrogen (secondary N) is 1. The molecule has 0 radical (unpaired) electrons. The first-order chi connectivity index (χ1) is 9.11. The topological polar surface area (TPSA) is 101 Å². The zero-order valence-electron chi connectivity index (χ0n) is 9.78. The monoisotopic (exact) mass is 279 g/mol. The van der Waals surface area contributed by atoms with Crippen LogP contribution in [0, 0.1) is 0 Å². The molecule has 0 saturated heterocycles. The van der Waals surface area contributed by atoms with Crippen molar-refractivity contribution < 1.29 is 19.4 Å². The van der Waals surface area contributed by atoms with Gasteiger partial charge < -0.3 is 15.2 Å². The second-order valence-electron chi connectivity index (χ2n) is 3.46. The third kappa shape index (κ3) is 2.86. The molecule has 2 rings (SSSR count). The Labute approximate surface area is 112 Å².